The Morgan fingerprint density at radius 2 is 1.82 bits per heavy atom. The standard InChI is InChI=1S/C16H27N3O3/c1-16(2,3)22-15(21)18-8-10-6-12(7-11(10)9-18)19-5-4-13(17)14(19)20/h10-13H,4-9,17H2,1-3H3. The molecule has 0 radical (unpaired) electrons. The molecule has 3 unspecified atom stereocenters. The molecule has 0 aromatic heterocycles. The summed E-state index contributed by atoms with van der Waals surface area (Å²) in [6.45, 7) is 7.97. The van der Waals surface area contributed by atoms with Crippen LogP contribution in [-0.2, 0) is 9.53 Å². The molecule has 3 atom stereocenters. The van der Waals surface area contributed by atoms with Crippen molar-refractivity contribution in [2.24, 2.45) is 17.6 Å². The zero-order valence-electron chi connectivity index (χ0n) is 13.7. The molecule has 2 heterocycles. The van der Waals surface area contributed by atoms with Crippen molar-refractivity contribution in [2.45, 2.75) is 57.7 Å². The highest BCUT2D eigenvalue weighted by Crippen LogP contribution is 2.41. The molecule has 2 saturated heterocycles. The van der Waals surface area contributed by atoms with Gasteiger partial charge in [0.2, 0.25) is 5.91 Å². The van der Waals surface area contributed by atoms with Gasteiger partial charge in [-0.15, -0.1) is 0 Å². The van der Waals surface area contributed by atoms with E-state index in [1.165, 1.54) is 0 Å². The topological polar surface area (TPSA) is 75.9 Å². The van der Waals surface area contributed by atoms with E-state index < -0.39 is 5.60 Å². The van der Waals surface area contributed by atoms with Crippen molar-refractivity contribution in [2.75, 3.05) is 19.6 Å². The number of hydrogen-bond acceptors (Lipinski definition) is 4. The van der Waals surface area contributed by atoms with E-state index in [1.54, 1.807) is 0 Å². The molecule has 0 aromatic rings. The first-order chi connectivity index (χ1) is 10.2. The zero-order valence-corrected chi connectivity index (χ0v) is 13.7. The number of ether oxygens (including phenoxy) is 1. The van der Waals surface area contributed by atoms with Gasteiger partial charge in [-0.05, 0) is 51.9 Å². The Bertz CT molecular complexity index is 460. The number of hydrogen-bond donors (Lipinski definition) is 1. The van der Waals surface area contributed by atoms with Crippen LogP contribution in [0.1, 0.15) is 40.0 Å². The third-order valence-corrected chi connectivity index (χ3v) is 5.10. The molecule has 22 heavy (non-hydrogen) atoms. The van der Waals surface area contributed by atoms with Crippen LogP contribution in [0.4, 0.5) is 4.79 Å². The van der Waals surface area contributed by atoms with Crippen LogP contribution in [0.5, 0.6) is 0 Å². The van der Waals surface area contributed by atoms with Crippen LogP contribution < -0.4 is 5.73 Å². The summed E-state index contributed by atoms with van der Waals surface area (Å²) in [5, 5.41) is 0. The fraction of sp³-hybridized carbons (Fsp3) is 0.875. The molecule has 0 aromatic carbocycles. The Hall–Kier alpha value is -1.30. The number of fused-ring (bicyclic) bond motifs is 1. The maximum absolute atomic E-state index is 12.1. The minimum Gasteiger partial charge on any atom is -0.444 e. The molecule has 0 spiro atoms. The summed E-state index contributed by atoms with van der Waals surface area (Å²) in [6.07, 6.45) is 2.54. The van der Waals surface area contributed by atoms with Crippen LogP contribution in [0, 0.1) is 11.8 Å². The molecule has 1 saturated carbocycles. The van der Waals surface area contributed by atoms with Crippen LogP contribution in [-0.4, -0.2) is 59.1 Å². The molecule has 1 aliphatic carbocycles. The number of carbonyl (C=O) groups excluding carboxylic acids is 2. The predicted octanol–water partition coefficient (Wildman–Crippen LogP) is 1.19. The Morgan fingerprint density at radius 1 is 1.23 bits per heavy atom. The first kappa shape index (κ1) is 15.6. The van der Waals surface area contributed by atoms with E-state index in [1.807, 2.05) is 30.6 Å². The van der Waals surface area contributed by atoms with Crippen molar-refractivity contribution in [3.63, 3.8) is 0 Å². The Balaban J connectivity index is 1.55. The molecule has 124 valence electrons. The zero-order chi connectivity index (χ0) is 16.1. The van der Waals surface area contributed by atoms with E-state index in [-0.39, 0.29) is 18.0 Å². The number of likely N-dealkylation sites (tertiary alicyclic amines) is 2. The number of nitrogens with two attached hydrogens (primary N) is 1. The van der Waals surface area contributed by atoms with Gasteiger partial charge < -0.3 is 20.3 Å². The van der Waals surface area contributed by atoms with Gasteiger partial charge in [-0.25, -0.2) is 4.79 Å². The molecule has 2 aliphatic heterocycles. The van der Waals surface area contributed by atoms with Gasteiger partial charge in [0, 0.05) is 25.7 Å². The molecule has 2 amide bonds. The Labute approximate surface area is 131 Å². The maximum Gasteiger partial charge on any atom is 0.410 e. The monoisotopic (exact) mass is 309 g/mol. The van der Waals surface area contributed by atoms with E-state index in [4.69, 9.17) is 10.5 Å². The SMILES string of the molecule is CC(C)(C)OC(=O)N1CC2CC(N3CCC(N)C3=O)CC2C1. The summed E-state index contributed by atoms with van der Waals surface area (Å²) >= 11 is 0. The van der Waals surface area contributed by atoms with Crippen molar-refractivity contribution < 1.29 is 14.3 Å². The van der Waals surface area contributed by atoms with Crippen molar-refractivity contribution >= 4 is 12.0 Å². The summed E-state index contributed by atoms with van der Waals surface area (Å²) in [5.74, 6) is 1.08. The van der Waals surface area contributed by atoms with E-state index >= 15 is 0 Å². The average molecular weight is 309 g/mol. The molecular formula is C16H27N3O3. The van der Waals surface area contributed by atoms with Crippen LogP contribution in [0.25, 0.3) is 0 Å². The number of nitrogens with zero attached hydrogens (tertiary/aromatic N) is 2. The largest absolute Gasteiger partial charge is 0.444 e. The van der Waals surface area contributed by atoms with E-state index in [0.29, 0.717) is 17.9 Å². The molecule has 0 bridgehead atoms. The normalized spacial score (nSPS) is 35.2. The quantitative estimate of drug-likeness (QED) is 0.789. The Morgan fingerprint density at radius 3 is 2.27 bits per heavy atom. The molecule has 6 heteroatoms. The van der Waals surface area contributed by atoms with Crippen molar-refractivity contribution in [3.05, 3.63) is 0 Å². The molecule has 3 rings (SSSR count). The molecule has 2 N–H and O–H groups in total. The summed E-state index contributed by atoms with van der Waals surface area (Å²) in [6, 6.07) is 0.00976. The molecule has 3 aliphatic rings. The molecule has 6 nitrogen and oxygen atoms in total. The average Bonchev–Trinajstić information content (AvgIpc) is 3.02. The summed E-state index contributed by atoms with van der Waals surface area (Å²) in [7, 11) is 0. The lowest BCUT2D eigenvalue weighted by Gasteiger charge is -2.27. The van der Waals surface area contributed by atoms with E-state index in [9.17, 15) is 9.59 Å². The van der Waals surface area contributed by atoms with Crippen molar-refractivity contribution in [1.29, 1.82) is 0 Å². The second kappa shape index (κ2) is 5.41. The highest BCUT2D eigenvalue weighted by molar-refractivity contribution is 5.84. The van der Waals surface area contributed by atoms with Gasteiger partial charge >= 0.3 is 6.09 Å². The fourth-order valence-corrected chi connectivity index (χ4v) is 4.09. The summed E-state index contributed by atoms with van der Waals surface area (Å²) in [5.41, 5.74) is 5.36. The third kappa shape index (κ3) is 2.93. The van der Waals surface area contributed by atoms with Crippen LogP contribution >= 0.6 is 0 Å². The predicted molar refractivity (Wildman–Crippen MR) is 82.1 cm³/mol. The third-order valence-electron chi connectivity index (χ3n) is 5.10. The van der Waals surface area contributed by atoms with Gasteiger partial charge in [-0.3, -0.25) is 4.79 Å². The lowest BCUT2D eigenvalue weighted by molar-refractivity contribution is -0.130. The van der Waals surface area contributed by atoms with Gasteiger partial charge in [-0.1, -0.05) is 0 Å². The van der Waals surface area contributed by atoms with Crippen molar-refractivity contribution in [3.8, 4) is 0 Å². The van der Waals surface area contributed by atoms with Gasteiger partial charge in [0.25, 0.3) is 0 Å². The fourth-order valence-electron chi connectivity index (χ4n) is 4.09. The van der Waals surface area contributed by atoms with Gasteiger partial charge in [-0.2, -0.15) is 0 Å². The minimum atomic E-state index is -0.449. The minimum absolute atomic E-state index is 0.106. The highest BCUT2D eigenvalue weighted by Gasteiger charge is 2.47. The second-order valence-corrected chi connectivity index (χ2v) is 7.96. The lowest BCUT2D eigenvalue weighted by Crippen LogP contribution is -2.41. The Kier molecular flexibility index (Phi) is 3.83. The molecule has 3 fully saturated rings. The van der Waals surface area contributed by atoms with Gasteiger partial charge in [0.1, 0.15) is 5.60 Å². The smallest absolute Gasteiger partial charge is 0.410 e. The van der Waals surface area contributed by atoms with Crippen LogP contribution in [0.2, 0.25) is 0 Å². The number of amides is 2. The summed E-state index contributed by atoms with van der Waals surface area (Å²) < 4.78 is 5.45. The van der Waals surface area contributed by atoms with Gasteiger partial charge in [0.05, 0.1) is 6.04 Å². The van der Waals surface area contributed by atoms with Crippen molar-refractivity contribution in [1.82, 2.24) is 9.80 Å². The van der Waals surface area contributed by atoms with E-state index in [0.717, 1.165) is 38.9 Å². The van der Waals surface area contributed by atoms with E-state index in [2.05, 4.69) is 0 Å². The maximum atomic E-state index is 12.1. The second-order valence-electron chi connectivity index (χ2n) is 7.96. The first-order valence-corrected chi connectivity index (χ1v) is 8.28. The molecular weight excluding hydrogens is 282 g/mol. The summed E-state index contributed by atoms with van der Waals surface area (Å²) in [4.78, 5) is 28.0. The number of rotatable bonds is 1. The number of carbonyl (C=O) groups is 2. The van der Waals surface area contributed by atoms with Crippen LogP contribution in [0.15, 0.2) is 0 Å². The van der Waals surface area contributed by atoms with Gasteiger partial charge in [0.15, 0.2) is 0 Å². The van der Waals surface area contributed by atoms with Crippen LogP contribution in [0.3, 0.4) is 0 Å². The highest BCUT2D eigenvalue weighted by atomic mass is 16.6. The first-order valence-electron chi connectivity index (χ1n) is 8.28. The lowest BCUT2D eigenvalue weighted by atomic mass is 10.0.